The summed E-state index contributed by atoms with van der Waals surface area (Å²) in [4.78, 5) is 23.1. The van der Waals surface area contributed by atoms with Crippen molar-refractivity contribution in [2.24, 2.45) is 0 Å². The molecule has 1 N–H and O–H groups in total. The number of carbonyl (C=O) groups excluding carboxylic acids is 2. The van der Waals surface area contributed by atoms with Crippen LogP contribution in [0.1, 0.15) is 40.5 Å². The first-order chi connectivity index (χ1) is 8.80. The highest BCUT2D eigenvalue weighted by molar-refractivity contribution is 5.81. The van der Waals surface area contributed by atoms with Crippen LogP contribution in [-0.2, 0) is 19.0 Å². The number of hydrogen-bond acceptors (Lipinski definition) is 5. The number of ether oxygens (including phenoxy) is 3. The maximum absolute atomic E-state index is 11.6. The number of carbonyl (C=O) groups is 2. The van der Waals surface area contributed by atoms with Gasteiger partial charge in [0.2, 0.25) is 0 Å². The average Bonchev–Trinajstić information content (AvgIpc) is 2.29. The molecule has 0 radical (unpaired) electrons. The van der Waals surface area contributed by atoms with Gasteiger partial charge in [-0.15, -0.1) is 0 Å². The largest absolute Gasteiger partial charge is 0.467 e. The second kappa shape index (κ2) is 8.74. The number of alkyl carbamates (subject to hydrolysis) is 1. The van der Waals surface area contributed by atoms with Gasteiger partial charge < -0.3 is 19.5 Å². The Balaban J connectivity index is 4.27. The van der Waals surface area contributed by atoms with Gasteiger partial charge in [0.15, 0.2) is 6.04 Å². The highest BCUT2D eigenvalue weighted by Crippen LogP contribution is 2.07. The molecule has 0 aromatic carbocycles. The van der Waals surface area contributed by atoms with Crippen molar-refractivity contribution in [3.05, 3.63) is 0 Å². The summed E-state index contributed by atoms with van der Waals surface area (Å²) in [6.07, 6.45) is 1.24. The minimum Gasteiger partial charge on any atom is -0.467 e. The lowest BCUT2D eigenvalue weighted by Gasteiger charge is -2.22. The van der Waals surface area contributed by atoms with Gasteiger partial charge in [0.25, 0.3) is 0 Å². The maximum atomic E-state index is 11.6. The number of amides is 1. The fourth-order valence-electron chi connectivity index (χ4n) is 1.21. The molecule has 0 rings (SSSR count). The van der Waals surface area contributed by atoms with E-state index in [0.717, 1.165) is 12.8 Å². The van der Waals surface area contributed by atoms with E-state index in [0.29, 0.717) is 6.61 Å². The third-order valence-electron chi connectivity index (χ3n) is 2.10. The van der Waals surface area contributed by atoms with E-state index in [9.17, 15) is 9.59 Å². The lowest BCUT2D eigenvalue weighted by Crippen LogP contribution is -2.46. The van der Waals surface area contributed by atoms with Gasteiger partial charge in [0.05, 0.1) is 13.7 Å². The zero-order valence-electron chi connectivity index (χ0n) is 12.4. The van der Waals surface area contributed by atoms with Crippen LogP contribution >= 0.6 is 0 Å². The third kappa shape index (κ3) is 9.30. The van der Waals surface area contributed by atoms with Crippen molar-refractivity contribution < 1.29 is 23.8 Å². The van der Waals surface area contributed by atoms with Gasteiger partial charge in [0.1, 0.15) is 5.60 Å². The summed E-state index contributed by atoms with van der Waals surface area (Å²) in [6, 6.07) is -0.850. The topological polar surface area (TPSA) is 73.9 Å². The quantitative estimate of drug-likeness (QED) is 0.567. The first-order valence-electron chi connectivity index (χ1n) is 6.45. The lowest BCUT2D eigenvalue weighted by molar-refractivity contribution is -0.144. The Labute approximate surface area is 114 Å². The van der Waals surface area contributed by atoms with Crippen molar-refractivity contribution in [2.75, 3.05) is 20.3 Å². The molecule has 0 heterocycles. The first kappa shape index (κ1) is 17.7. The zero-order valence-corrected chi connectivity index (χ0v) is 12.4. The predicted molar refractivity (Wildman–Crippen MR) is 70.9 cm³/mol. The number of methoxy groups -OCH3 is 1. The third-order valence-corrected chi connectivity index (χ3v) is 2.10. The molecule has 19 heavy (non-hydrogen) atoms. The molecule has 112 valence electrons. The molecule has 0 aliphatic carbocycles. The molecule has 0 saturated heterocycles. The summed E-state index contributed by atoms with van der Waals surface area (Å²) in [6.45, 7) is 7.90. The van der Waals surface area contributed by atoms with Gasteiger partial charge in [-0.3, -0.25) is 0 Å². The standard InChI is InChI=1S/C13H25NO5/c1-6-7-8-18-9-10(11(15)17-5)14-12(16)19-13(2,3)4/h10H,6-9H2,1-5H3,(H,14,16)/t10-/m0/s1. The summed E-state index contributed by atoms with van der Waals surface area (Å²) in [5.74, 6) is -0.553. The van der Waals surface area contributed by atoms with Crippen LogP contribution in [0.2, 0.25) is 0 Å². The molecular weight excluding hydrogens is 250 g/mol. The van der Waals surface area contributed by atoms with Gasteiger partial charge in [0, 0.05) is 6.61 Å². The normalized spacial score (nSPS) is 12.7. The highest BCUT2D eigenvalue weighted by Gasteiger charge is 2.25. The second-order valence-corrected chi connectivity index (χ2v) is 5.15. The molecule has 0 saturated carbocycles. The van der Waals surface area contributed by atoms with Crippen molar-refractivity contribution in [2.45, 2.75) is 52.2 Å². The Kier molecular flexibility index (Phi) is 8.14. The lowest BCUT2D eigenvalue weighted by atomic mass is 10.2. The fraction of sp³-hybridized carbons (Fsp3) is 0.846. The smallest absolute Gasteiger partial charge is 0.408 e. The maximum Gasteiger partial charge on any atom is 0.408 e. The minimum absolute atomic E-state index is 0.0753. The van der Waals surface area contributed by atoms with Crippen molar-refractivity contribution in [1.29, 1.82) is 0 Å². The molecule has 0 aliphatic rings. The van der Waals surface area contributed by atoms with Gasteiger partial charge in [-0.05, 0) is 27.2 Å². The molecule has 0 aromatic rings. The summed E-state index contributed by atoms with van der Waals surface area (Å²) >= 11 is 0. The van der Waals surface area contributed by atoms with E-state index in [1.807, 2.05) is 6.92 Å². The Morgan fingerprint density at radius 3 is 2.37 bits per heavy atom. The molecule has 0 bridgehead atoms. The minimum atomic E-state index is -0.850. The summed E-state index contributed by atoms with van der Waals surface area (Å²) in [5, 5.41) is 2.44. The molecule has 0 aromatic heterocycles. The summed E-state index contributed by atoms with van der Waals surface area (Å²) in [7, 11) is 1.26. The first-order valence-corrected chi connectivity index (χ1v) is 6.45. The molecule has 0 fully saturated rings. The predicted octanol–water partition coefficient (Wildman–Crippen LogP) is 1.87. The number of esters is 1. The van der Waals surface area contributed by atoms with Crippen molar-refractivity contribution in [3.63, 3.8) is 0 Å². The van der Waals surface area contributed by atoms with Gasteiger partial charge >= 0.3 is 12.1 Å². The van der Waals surface area contributed by atoms with Crippen molar-refractivity contribution in [3.8, 4) is 0 Å². The Morgan fingerprint density at radius 1 is 1.26 bits per heavy atom. The van der Waals surface area contributed by atoms with Gasteiger partial charge in [-0.25, -0.2) is 9.59 Å². The molecule has 1 amide bonds. The molecular formula is C13H25NO5. The second-order valence-electron chi connectivity index (χ2n) is 5.15. The molecule has 0 unspecified atom stereocenters. The van der Waals surface area contributed by atoms with Crippen LogP contribution in [0.5, 0.6) is 0 Å². The van der Waals surface area contributed by atoms with Crippen LogP contribution in [-0.4, -0.2) is 44.0 Å². The van der Waals surface area contributed by atoms with Crippen LogP contribution in [0.4, 0.5) is 4.79 Å². The number of rotatable bonds is 7. The number of hydrogen-bond donors (Lipinski definition) is 1. The van der Waals surface area contributed by atoms with E-state index in [-0.39, 0.29) is 6.61 Å². The molecule has 6 heteroatoms. The van der Waals surface area contributed by atoms with Crippen LogP contribution < -0.4 is 5.32 Å². The van der Waals surface area contributed by atoms with Gasteiger partial charge in [-0.1, -0.05) is 13.3 Å². The Hall–Kier alpha value is -1.30. The number of unbranched alkanes of at least 4 members (excludes halogenated alkanes) is 1. The van der Waals surface area contributed by atoms with E-state index in [1.165, 1.54) is 7.11 Å². The van der Waals surface area contributed by atoms with E-state index < -0.39 is 23.7 Å². The molecule has 6 nitrogen and oxygen atoms in total. The molecule has 0 aliphatic heterocycles. The average molecular weight is 275 g/mol. The van der Waals surface area contributed by atoms with Gasteiger partial charge in [-0.2, -0.15) is 0 Å². The van der Waals surface area contributed by atoms with E-state index in [4.69, 9.17) is 9.47 Å². The highest BCUT2D eigenvalue weighted by atomic mass is 16.6. The zero-order chi connectivity index (χ0) is 14.9. The van der Waals surface area contributed by atoms with E-state index in [2.05, 4.69) is 10.1 Å². The Morgan fingerprint density at radius 2 is 1.89 bits per heavy atom. The fourth-order valence-corrected chi connectivity index (χ4v) is 1.21. The SMILES string of the molecule is CCCCOC[C@H](NC(=O)OC(C)(C)C)C(=O)OC. The monoisotopic (exact) mass is 275 g/mol. The van der Waals surface area contributed by atoms with Crippen LogP contribution in [0.3, 0.4) is 0 Å². The summed E-state index contributed by atoms with van der Waals surface area (Å²) in [5.41, 5.74) is -0.617. The van der Waals surface area contributed by atoms with Crippen LogP contribution in [0.25, 0.3) is 0 Å². The number of nitrogens with one attached hydrogen (secondary N) is 1. The van der Waals surface area contributed by atoms with Crippen molar-refractivity contribution >= 4 is 12.1 Å². The summed E-state index contributed by atoms with van der Waals surface area (Å²) < 4.78 is 15.0. The van der Waals surface area contributed by atoms with E-state index >= 15 is 0 Å². The molecule has 0 spiro atoms. The van der Waals surface area contributed by atoms with E-state index in [1.54, 1.807) is 20.8 Å². The molecule has 1 atom stereocenters. The van der Waals surface area contributed by atoms with Crippen molar-refractivity contribution in [1.82, 2.24) is 5.32 Å². The van der Waals surface area contributed by atoms with Crippen LogP contribution in [0.15, 0.2) is 0 Å². The van der Waals surface area contributed by atoms with Crippen LogP contribution in [0, 0.1) is 0 Å². The Bertz CT molecular complexity index is 285.